The average Bonchev–Trinajstić information content (AvgIpc) is 3.81. The largest absolute Gasteiger partial charge is 0.314 e. The van der Waals surface area contributed by atoms with Crippen molar-refractivity contribution in [3.63, 3.8) is 0 Å². The molecule has 0 spiro atoms. The number of aryl methyl sites for hydroxylation is 1. The summed E-state index contributed by atoms with van der Waals surface area (Å²) in [5.74, 6) is 0. The fourth-order valence-corrected chi connectivity index (χ4v) is 6.60. The van der Waals surface area contributed by atoms with E-state index < -0.39 is 0 Å². The molecule has 1 aliphatic rings. The van der Waals surface area contributed by atoms with Gasteiger partial charge in [-0.1, -0.05) is 221 Å². The molecule has 0 unspecified atom stereocenters. The monoisotopic (exact) mass is 790 g/mol. The van der Waals surface area contributed by atoms with Gasteiger partial charge >= 0.3 is 0 Å². The second kappa shape index (κ2) is 27.3. The molecule has 0 radical (unpaired) electrons. The van der Waals surface area contributed by atoms with Gasteiger partial charge in [0.25, 0.3) is 0 Å². The number of hydrogen-bond donors (Lipinski definition) is 0. The van der Waals surface area contributed by atoms with Gasteiger partial charge in [-0.2, -0.15) is 0 Å². The van der Waals surface area contributed by atoms with Gasteiger partial charge in [0.05, 0.1) is 0 Å². The lowest BCUT2D eigenvalue weighted by Gasteiger charge is -2.26. The maximum atomic E-state index is 2.33. The molecule has 0 amide bonds. The summed E-state index contributed by atoms with van der Waals surface area (Å²) < 4.78 is 0. The molecule has 1 aliphatic carbocycles. The Kier molecular flexibility index (Phi) is 21.8. The third-order valence-electron chi connectivity index (χ3n) is 9.62. The van der Waals surface area contributed by atoms with E-state index in [2.05, 4.69) is 222 Å². The Balaban J connectivity index is 0.000000353. The quantitative estimate of drug-likeness (QED) is 0.114. The summed E-state index contributed by atoms with van der Waals surface area (Å²) in [7, 11) is 0. The molecular formula is C59H67N. The van der Waals surface area contributed by atoms with Gasteiger partial charge in [-0.15, -0.1) is 0 Å². The highest BCUT2D eigenvalue weighted by atomic mass is 15.1. The van der Waals surface area contributed by atoms with Crippen LogP contribution >= 0.6 is 0 Å². The third-order valence-corrected chi connectivity index (χ3v) is 9.62. The molecule has 0 heterocycles. The van der Waals surface area contributed by atoms with Crippen molar-refractivity contribution in [2.45, 2.75) is 75.7 Å². The first kappa shape index (κ1) is 47.9. The van der Waals surface area contributed by atoms with Crippen molar-refractivity contribution in [2.75, 3.05) is 4.90 Å². The number of hydrogen-bond acceptors (Lipinski definition) is 1. The normalized spacial score (nSPS) is 13.2. The Hall–Kier alpha value is -6.44. The predicted octanol–water partition coefficient (Wildman–Crippen LogP) is 17.8. The van der Waals surface area contributed by atoms with Gasteiger partial charge in [-0.05, 0) is 123 Å². The summed E-state index contributed by atoms with van der Waals surface area (Å²) >= 11 is 0. The van der Waals surface area contributed by atoms with Crippen LogP contribution in [-0.4, -0.2) is 0 Å². The van der Waals surface area contributed by atoms with Crippen molar-refractivity contribution >= 4 is 33.7 Å². The molecule has 0 N–H and O–H groups in total. The van der Waals surface area contributed by atoms with Crippen molar-refractivity contribution in [3.8, 4) is 0 Å². The van der Waals surface area contributed by atoms with Crippen molar-refractivity contribution in [2.24, 2.45) is 0 Å². The van der Waals surface area contributed by atoms with Crippen LogP contribution in [0.1, 0.15) is 96.6 Å². The summed E-state index contributed by atoms with van der Waals surface area (Å²) in [6, 6.07) is 49.4. The molecule has 0 fully saturated rings. The zero-order chi connectivity index (χ0) is 43.5. The lowest BCUT2D eigenvalue weighted by atomic mass is 9.98. The van der Waals surface area contributed by atoms with Crippen LogP contribution < -0.4 is 4.90 Å². The highest BCUT2D eigenvalue weighted by Gasteiger charge is 2.15. The molecule has 0 saturated heterocycles. The smallest absolute Gasteiger partial charge is 0.0458 e. The fraction of sp³-hybridized carbons (Fsp3) is 0.186. The lowest BCUT2D eigenvalue weighted by Crippen LogP contribution is -2.14. The van der Waals surface area contributed by atoms with Crippen LogP contribution in [0.2, 0.25) is 0 Å². The Bertz CT molecular complexity index is 2270. The highest BCUT2D eigenvalue weighted by molar-refractivity contribution is 5.87. The molecular weight excluding hydrogens is 723 g/mol. The van der Waals surface area contributed by atoms with Crippen molar-refractivity contribution in [1.82, 2.24) is 0 Å². The van der Waals surface area contributed by atoms with Crippen molar-refractivity contribution < 1.29 is 0 Å². The van der Waals surface area contributed by atoms with Gasteiger partial charge in [-0.25, -0.2) is 0 Å². The molecule has 0 aliphatic heterocycles. The van der Waals surface area contributed by atoms with E-state index in [1.54, 1.807) is 0 Å². The molecule has 60 heavy (non-hydrogen) atoms. The molecule has 1 heteroatoms. The van der Waals surface area contributed by atoms with E-state index in [9.17, 15) is 0 Å². The van der Waals surface area contributed by atoms with Crippen molar-refractivity contribution in [1.29, 1.82) is 0 Å². The second-order valence-corrected chi connectivity index (χ2v) is 13.8. The van der Waals surface area contributed by atoms with Crippen LogP contribution in [0.15, 0.2) is 224 Å². The van der Waals surface area contributed by atoms with E-state index in [1.165, 1.54) is 61.4 Å². The highest BCUT2D eigenvalue weighted by Crippen LogP contribution is 2.36. The maximum Gasteiger partial charge on any atom is 0.0458 e. The number of benzene rings is 5. The molecule has 308 valence electrons. The molecule has 0 saturated carbocycles. The molecule has 5 aromatic carbocycles. The van der Waals surface area contributed by atoms with Crippen LogP contribution in [-0.2, 0) is 0 Å². The van der Waals surface area contributed by atoms with Crippen LogP contribution in [0.25, 0.3) is 22.3 Å². The average molecular weight is 790 g/mol. The second-order valence-electron chi connectivity index (χ2n) is 13.8. The van der Waals surface area contributed by atoms with E-state index in [4.69, 9.17) is 0 Å². The van der Waals surface area contributed by atoms with Gasteiger partial charge in [0.1, 0.15) is 0 Å². The van der Waals surface area contributed by atoms with Gasteiger partial charge in [-0.3, -0.25) is 0 Å². The first-order valence-corrected chi connectivity index (χ1v) is 21.6. The van der Waals surface area contributed by atoms with Crippen LogP contribution in [0.3, 0.4) is 0 Å². The Morgan fingerprint density at radius 3 is 1.40 bits per heavy atom. The first-order chi connectivity index (χ1) is 29.4. The number of rotatable bonds is 12. The maximum absolute atomic E-state index is 2.33. The fourth-order valence-electron chi connectivity index (χ4n) is 6.60. The first-order valence-electron chi connectivity index (χ1n) is 21.6. The Labute approximate surface area is 364 Å². The molecule has 0 bridgehead atoms. The topological polar surface area (TPSA) is 3.24 Å². The third kappa shape index (κ3) is 15.1. The summed E-state index contributed by atoms with van der Waals surface area (Å²) in [6.45, 7) is 20.6. The lowest BCUT2D eigenvalue weighted by molar-refractivity contribution is 1.16. The van der Waals surface area contributed by atoms with Crippen LogP contribution in [0, 0.1) is 6.92 Å². The van der Waals surface area contributed by atoms with E-state index in [-0.39, 0.29) is 0 Å². The van der Waals surface area contributed by atoms with E-state index in [0.717, 1.165) is 17.8 Å². The minimum atomic E-state index is 0.964. The zero-order valence-electron chi connectivity index (χ0n) is 37.9. The molecule has 1 nitrogen and oxygen atoms in total. The summed E-state index contributed by atoms with van der Waals surface area (Å²) in [5, 5.41) is 0. The van der Waals surface area contributed by atoms with E-state index >= 15 is 0 Å². The molecule has 0 atom stereocenters. The number of para-hydroxylation sites is 1. The number of anilines is 2. The van der Waals surface area contributed by atoms with Gasteiger partial charge in [0.15, 0.2) is 0 Å². The zero-order valence-corrected chi connectivity index (χ0v) is 37.9. The minimum Gasteiger partial charge on any atom is -0.314 e. The van der Waals surface area contributed by atoms with E-state index in [0.29, 0.717) is 0 Å². The summed E-state index contributed by atoms with van der Waals surface area (Å²) in [4.78, 5) is 2.33. The Morgan fingerprint density at radius 1 is 0.483 bits per heavy atom. The summed E-state index contributed by atoms with van der Waals surface area (Å²) in [5.41, 5.74) is 16.3. The van der Waals surface area contributed by atoms with Gasteiger partial charge < -0.3 is 4.90 Å². The van der Waals surface area contributed by atoms with E-state index in [1.807, 2.05) is 65.0 Å². The Morgan fingerprint density at radius 2 is 0.917 bits per heavy atom. The SMILES string of the molecule is C/C=C(\C=C(/C)N(c1ccccc1)c1ccc(C2=CC=C(c3ccc(C)cc3)C2)cc1)c1ccccc1.C/C=C/C=C\C=C/C(C)=C/C(=C\C)c1ccccc1.CC.CC. The van der Waals surface area contributed by atoms with Crippen LogP contribution in [0.5, 0.6) is 0 Å². The minimum absolute atomic E-state index is 0.964. The summed E-state index contributed by atoms with van der Waals surface area (Å²) in [6.07, 6.45) is 26.6. The predicted molar refractivity (Wildman–Crippen MR) is 270 cm³/mol. The van der Waals surface area contributed by atoms with Crippen LogP contribution in [0.4, 0.5) is 11.4 Å². The van der Waals surface area contributed by atoms with Crippen molar-refractivity contribution in [3.05, 3.63) is 252 Å². The number of nitrogens with zero attached hydrogens (tertiary/aromatic N) is 1. The molecule has 5 aromatic rings. The van der Waals surface area contributed by atoms with Gasteiger partial charge in [0, 0.05) is 17.1 Å². The molecule has 6 rings (SSSR count). The standard InChI is InChI=1S/C36H33N.C19H22.2C2H6/c1-4-29(30-11-7-5-8-12-30)25-28(3)37(35-13-9-6-10-14-35)36-23-21-32(22-24-36)34-20-19-33(26-34)31-17-15-27(2)16-18-31;1-4-6-7-8-10-13-17(3)16-18(5-2)19-14-11-9-12-15-19;2*1-2/h4-25H,26H2,1-3H3;4-16H,1-3H3;2*1-2H3/b28-25+,29-4+;6-4+,8-7-,13-10-,17-16+,18-5+;;. The molecule has 0 aromatic heterocycles. The number of allylic oxidation sites excluding steroid dienone is 18. The van der Waals surface area contributed by atoms with Gasteiger partial charge in [0.2, 0.25) is 0 Å².